The second kappa shape index (κ2) is 7.62. The maximum Gasteiger partial charge on any atom is 0.0329 e. The third-order valence-electron chi connectivity index (χ3n) is 3.12. The number of rotatable bonds is 7. The first-order valence-electron chi connectivity index (χ1n) is 6.25. The van der Waals surface area contributed by atoms with Gasteiger partial charge in [-0.25, -0.2) is 0 Å². The van der Waals surface area contributed by atoms with E-state index in [1.54, 1.807) is 6.26 Å². The average molecular weight is 253 g/mol. The Labute approximate surface area is 107 Å². The molecule has 0 aromatic heterocycles. The molecular formula is C14H23NOS. The molecule has 3 atom stereocenters. The van der Waals surface area contributed by atoms with E-state index < -0.39 is 10.8 Å². The van der Waals surface area contributed by atoms with Crippen LogP contribution in [-0.4, -0.2) is 22.3 Å². The molecule has 3 heteroatoms. The minimum Gasteiger partial charge on any atom is -0.310 e. The summed E-state index contributed by atoms with van der Waals surface area (Å²) in [4.78, 5) is 0. The fraction of sp³-hybridized carbons (Fsp3) is 0.571. The molecule has 2 nitrogen and oxygen atoms in total. The quantitative estimate of drug-likeness (QED) is 0.809. The third kappa shape index (κ3) is 5.00. The fourth-order valence-electron chi connectivity index (χ4n) is 1.81. The van der Waals surface area contributed by atoms with Crippen molar-refractivity contribution in [2.45, 2.75) is 38.0 Å². The maximum atomic E-state index is 11.2. The molecular weight excluding hydrogens is 230 g/mol. The van der Waals surface area contributed by atoms with Crippen LogP contribution in [0.15, 0.2) is 30.3 Å². The molecule has 1 N–H and O–H groups in total. The maximum absolute atomic E-state index is 11.2. The zero-order valence-corrected chi connectivity index (χ0v) is 11.8. The largest absolute Gasteiger partial charge is 0.310 e. The van der Waals surface area contributed by atoms with Crippen molar-refractivity contribution in [1.82, 2.24) is 5.32 Å². The van der Waals surface area contributed by atoms with Gasteiger partial charge >= 0.3 is 0 Å². The molecule has 0 heterocycles. The van der Waals surface area contributed by atoms with Crippen LogP contribution in [0.25, 0.3) is 0 Å². The van der Waals surface area contributed by atoms with Gasteiger partial charge in [0.15, 0.2) is 0 Å². The lowest BCUT2D eigenvalue weighted by Gasteiger charge is -2.18. The Bertz CT molecular complexity index is 339. The molecule has 0 aliphatic heterocycles. The Morgan fingerprint density at radius 3 is 2.47 bits per heavy atom. The second-order valence-electron chi connectivity index (χ2n) is 4.42. The second-order valence-corrected chi connectivity index (χ2v) is 6.23. The highest BCUT2D eigenvalue weighted by Gasteiger charge is 2.10. The molecule has 0 amide bonds. The third-order valence-corrected chi connectivity index (χ3v) is 4.49. The van der Waals surface area contributed by atoms with Gasteiger partial charge < -0.3 is 5.32 Å². The number of nitrogens with one attached hydrogen (secondary N) is 1. The lowest BCUT2D eigenvalue weighted by Crippen LogP contribution is -2.25. The summed E-state index contributed by atoms with van der Waals surface area (Å²) in [6.45, 7) is 5.15. The van der Waals surface area contributed by atoms with Gasteiger partial charge in [-0.05, 0) is 24.9 Å². The lowest BCUT2D eigenvalue weighted by molar-refractivity contribution is 0.508. The minimum absolute atomic E-state index is 0.274. The highest BCUT2D eigenvalue weighted by molar-refractivity contribution is 7.84. The summed E-state index contributed by atoms with van der Waals surface area (Å²) in [7, 11) is -0.711. The summed E-state index contributed by atoms with van der Waals surface area (Å²) in [5.74, 6) is 0. The first-order chi connectivity index (χ1) is 8.15. The molecule has 0 fully saturated rings. The highest BCUT2D eigenvalue weighted by atomic mass is 32.2. The van der Waals surface area contributed by atoms with Crippen molar-refractivity contribution in [3.63, 3.8) is 0 Å². The van der Waals surface area contributed by atoms with E-state index in [-0.39, 0.29) is 5.25 Å². The Morgan fingerprint density at radius 1 is 1.29 bits per heavy atom. The monoisotopic (exact) mass is 253 g/mol. The SMILES string of the molecule is CCC(NCCC(C)S(C)=O)c1ccccc1. The van der Waals surface area contributed by atoms with Crippen molar-refractivity contribution in [3.05, 3.63) is 35.9 Å². The molecule has 1 rings (SSSR count). The van der Waals surface area contributed by atoms with Gasteiger partial charge in [0.25, 0.3) is 0 Å². The lowest BCUT2D eigenvalue weighted by atomic mass is 10.0. The van der Waals surface area contributed by atoms with Gasteiger partial charge in [0.1, 0.15) is 0 Å². The van der Waals surface area contributed by atoms with Crippen LogP contribution in [0.2, 0.25) is 0 Å². The molecule has 1 aromatic rings. The normalized spacial score (nSPS) is 16.4. The van der Waals surface area contributed by atoms with E-state index in [9.17, 15) is 4.21 Å². The molecule has 0 spiro atoms. The Hall–Kier alpha value is -0.670. The number of benzene rings is 1. The van der Waals surface area contributed by atoms with Crippen LogP contribution in [0.3, 0.4) is 0 Å². The van der Waals surface area contributed by atoms with Crippen LogP contribution in [0.1, 0.15) is 38.3 Å². The Kier molecular flexibility index (Phi) is 6.45. The van der Waals surface area contributed by atoms with E-state index in [2.05, 4.69) is 36.5 Å². The van der Waals surface area contributed by atoms with Gasteiger partial charge in [-0.3, -0.25) is 4.21 Å². The zero-order chi connectivity index (χ0) is 12.7. The van der Waals surface area contributed by atoms with E-state index in [0.29, 0.717) is 6.04 Å². The van der Waals surface area contributed by atoms with E-state index >= 15 is 0 Å². The Morgan fingerprint density at radius 2 is 1.94 bits per heavy atom. The summed E-state index contributed by atoms with van der Waals surface area (Å²) in [6.07, 6.45) is 3.82. The van der Waals surface area contributed by atoms with E-state index in [4.69, 9.17) is 0 Å². The van der Waals surface area contributed by atoms with Gasteiger partial charge in [-0.15, -0.1) is 0 Å². The average Bonchev–Trinajstić information content (AvgIpc) is 2.35. The number of hydrogen-bond acceptors (Lipinski definition) is 2. The van der Waals surface area contributed by atoms with Crippen LogP contribution >= 0.6 is 0 Å². The van der Waals surface area contributed by atoms with Crippen molar-refractivity contribution in [3.8, 4) is 0 Å². The topological polar surface area (TPSA) is 29.1 Å². The van der Waals surface area contributed by atoms with Crippen LogP contribution < -0.4 is 5.32 Å². The minimum atomic E-state index is -0.711. The van der Waals surface area contributed by atoms with Crippen LogP contribution in [0, 0.1) is 0 Å². The van der Waals surface area contributed by atoms with Gasteiger partial charge in [-0.1, -0.05) is 44.2 Å². The molecule has 1 aromatic carbocycles. The molecule has 0 bridgehead atoms. The van der Waals surface area contributed by atoms with Crippen LogP contribution in [0.5, 0.6) is 0 Å². The molecule has 0 aliphatic carbocycles. The predicted octanol–water partition coefficient (Wildman–Crippen LogP) is 2.88. The van der Waals surface area contributed by atoms with Crippen molar-refractivity contribution in [2.24, 2.45) is 0 Å². The van der Waals surface area contributed by atoms with Crippen molar-refractivity contribution >= 4 is 10.8 Å². The van der Waals surface area contributed by atoms with E-state index in [1.807, 2.05) is 13.0 Å². The molecule has 0 saturated carbocycles. The first-order valence-corrected chi connectivity index (χ1v) is 7.87. The Balaban J connectivity index is 2.41. The van der Waals surface area contributed by atoms with Gasteiger partial charge in [0.05, 0.1) is 0 Å². The van der Waals surface area contributed by atoms with Crippen LogP contribution in [-0.2, 0) is 10.8 Å². The van der Waals surface area contributed by atoms with Gasteiger partial charge in [0.2, 0.25) is 0 Å². The molecule has 96 valence electrons. The summed E-state index contributed by atoms with van der Waals surface area (Å²) < 4.78 is 11.2. The van der Waals surface area contributed by atoms with Gasteiger partial charge in [0, 0.05) is 28.3 Å². The summed E-state index contributed by atoms with van der Waals surface area (Å²) in [5, 5.41) is 3.81. The molecule has 17 heavy (non-hydrogen) atoms. The predicted molar refractivity (Wildman–Crippen MR) is 75.6 cm³/mol. The molecule has 0 saturated heterocycles. The standard InChI is InChI=1S/C14H23NOS/c1-4-14(13-8-6-5-7-9-13)15-11-10-12(2)17(3)16/h5-9,12,14-15H,4,10-11H2,1-3H3. The summed E-state index contributed by atoms with van der Waals surface area (Å²) in [6, 6.07) is 10.9. The van der Waals surface area contributed by atoms with Crippen molar-refractivity contribution in [2.75, 3.05) is 12.8 Å². The molecule has 3 unspecified atom stereocenters. The van der Waals surface area contributed by atoms with Gasteiger partial charge in [-0.2, -0.15) is 0 Å². The fourth-order valence-corrected chi connectivity index (χ4v) is 2.26. The zero-order valence-electron chi connectivity index (χ0n) is 11.0. The van der Waals surface area contributed by atoms with Crippen LogP contribution in [0.4, 0.5) is 0 Å². The van der Waals surface area contributed by atoms with E-state index in [0.717, 1.165) is 19.4 Å². The van der Waals surface area contributed by atoms with E-state index in [1.165, 1.54) is 5.56 Å². The molecule has 0 aliphatic rings. The molecule has 0 radical (unpaired) electrons. The van der Waals surface area contributed by atoms with Crippen molar-refractivity contribution in [1.29, 1.82) is 0 Å². The first kappa shape index (κ1) is 14.4. The summed E-state index contributed by atoms with van der Waals surface area (Å²) in [5.41, 5.74) is 1.33. The van der Waals surface area contributed by atoms with Crippen molar-refractivity contribution < 1.29 is 4.21 Å². The smallest absolute Gasteiger partial charge is 0.0329 e. The highest BCUT2D eigenvalue weighted by Crippen LogP contribution is 2.15. The number of hydrogen-bond donors (Lipinski definition) is 1. The summed E-state index contributed by atoms with van der Waals surface area (Å²) >= 11 is 0.